The summed E-state index contributed by atoms with van der Waals surface area (Å²) in [6.45, 7) is 0.943. The molecule has 0 heterocycles. The average molecular weight is 496 g/mol. The molecule has 2 rings (SSSR count). The van der Waals surface area contributed by atoms with E-state index in [-0.39, 0.29) is 12.6 Å². The molecule has 0 spiro atoms. The number of hydrogen-bond acceptors (Lipinski definition) is 7. The van der Waals surface area contributed by atoms with Crippen LogP contribution in [0.25, 0.3) is 0 Å². The van der Waals surface area contributed by atoms with Gasteiger partial charge in [-0.25, -0.2) is 4.57 Å². The summed E-state index contributed by atoms with van der Waals surface area (Å²) in [4.78, 5) is 28.8. The SMILES string of the molecule is CCCCc1ccc(N=Nc2ccc(CCCC(=O)OC[C@@H]([O-])COP(=O)(O)O)cc2)cc1.[NH4+]. The van der Waals surface area contributed by atoms with Crippen molar-refractivity contribution in [3.05, 3.63) is 59.7 Å². The second-order valence-electron chi connectivity index (χ2n) is 7.58. The lowest BCUT2D eigenvalue weighted by atomic mass is 10.1. The fraction of sp³-hybridized carbons (Fsp3) is 0.435. The van der Waals surface area contributed by atoms with Gasteiger partial charge in [-0.1, -0.05) is 43.7 Å². The largest absolute Gasteiger partial charge is 0.848 e. The van der Waals surface area contributed by atoms with Gasteiger partial charge in [-0.05, 0) is 61.1 Å². The first-order chi connectivity index (χ1) is 15.7. The molecule has 0 saturated heterocycles. The Hall–Kier alpha value is -2.46. The summed E-state index contributed by atoms with van der Waals surface area (Å²) in [6.07, 6.45) is 3.17. The minimum atomic E-state index is -4.70. The molecule has 0 fully saturated rings. The number of hydrogen-bond donors (Lipinski definition) is 3. The van der Waals surface area contributed by atoms with E-state index in [1.54, 1.807) is 0 Å². The third kappa shape index (κ3) is 12.7. The molecule has 188 valence electrons. The Morgan fingerprint density at radius 2 is 1.44 bits per heavy atom. The van der Waals surface area contributed by atoms with Gasteiger partial charge >= 0.3 is 13.8 Å². The van der Waals surface area contributed by atoms with E-state index in [0.717, 1.165) is 23.4 Å². The van der Waals surface area contributed by atoms with Gasteiger partial charge in [-0.3, -0.25) is 9.32 Å². The number of benzene rings is 2. The normalized spacial score (nSPS) is 12.4. The van der Waals surface area contributed by atoms with E-state index >= 15 is 0 Å². The van der Waals surface area contributed by atoms with Crippen LogP contribution in [0.4, 0.5) is 11.4 Å². The van der Waals surface area contributed by atoms with Crippen LogP contribution in [0, 0.1) is 0 Å². The molecule has 11 heteroatoms. The number of esters is 1. The summed E-state index contributed by atoms with van der Waals surface area (Å²) < 4.78 is 19.4. The molecule has 10 nitrogen and oxygen atoms in total. The number of azo groups is 1. The van der Waals surface area contributed by atoms with Gasteiger partial charge in [-0.2, -0.15) is 10.2 Å². The Morgan fingerprint density at radius 3 is 1.91 bits per heavy atom. The quantitative estimate of drug-likeness (QED) is 0.196. The van der Waals surface area contributed by atoms with E-state index in [1.807, 2.05) is 36.4 Å². The Balaban J connectivity index is 0.00000578. The third-order valence-corrected chi connectivity index (χ3v) is 5.16. The Morgan fingerprint density at radius 1 is 0.941 bits per heavy atom. The number of ether oxygens (including phenoxy) is 1. The molecule has 0 aliphatic rings. The van der Waals surface area contributed by atoms with Crippen molar-refractivity contribution in [3.8, 4) is 0 Å². The molecule has 0 amide bonds. The van der Waals surface area contributed by atoms with Crippen molar-refractivity contribution < 1.29 is 33.5 Å². The molecular formula is C23H34N3O7P. The number of quaternary nitrogens is 1. The first-order valence-electron chi connectivity index (χ1n) is 10.9. The average Bonchev–Trinajstić information content (AvgIpc) is 2.79. The molecule has 6 N–H and O–H groups in total. The molecule has 0 aliphatic heterocycles. The lowest BCUT2D eigenvalue weighted by molar-refractivity contribution is -0.429. The molecule has 2 aromatic rings. The van der Waals surface area contributed by atoms with E-state index in [4.69, 9.17) is 14.5 Å². The maximum atomic E-state index is 11.7. The van der Waals surface area contributed by atoms with Crippen LogP contribution in [-0.4, -0.2) is 35.1 Å². The second-order valence-corrected chi connectivity index (χ2v) is 8.82. The number of carbonyl (C=O) groups excluding carboxylic acids is 1. The van der Waals surface area contributed by atoms with Gasteiger partial charge < -0.3 is 25.8 Å². The predicted octanol–water partition coefficient (Wildman–Crippen LogP) is 4.52. The molecule has 0 unspecified atom stereocenters. The summed E-state index contributed by atoms with van der Waals surface area (Å²) >= 11 is 0. The minimum absolute atomic E-state index is 0. The number of phosphoric ester groups is 1. The van der Waals surface area contributed by atoms with Crippen LogP contribution < -0.4 is 11.3 Å². The highest BCUT2D eigenvalue weighted by Crippen LogP contribution is 2.35. The van der Waals surface area contributed by atoms with Crippen molar-refractivity contribution in [2.45, 2.75) is 51.6 Å². The highest BCUT2D eigenvalue weighted by molar-refractivity contribution is 7.46. The number of nitrogens with zero attached hydrogens (tertiary/aromatic N) is 2. The van der Waals surface area contributed by atoms with E-state index in [0.29, 0.717) is 12.8 Å². The Labute approximate surface area is 199 Å². The van der Waals surface area contributed by atoms with Crippen LogP contribution in [-0.2, 0) is 31.5 Å². The zero-order valence-electron chi connectivity index (χ0n) is 19.6. The molecule has 0 radical (unpaired) electrons. The fourth-order valence-electron chi connectivity index (χ4n) is 2.88. The third-order valence-electron chi connectivity index (χ3n) is 4.68. The van der Waals surface area contributed by atoms with Gasteiger partial charge in [0, 0.05) is 13.0 Å². The highest BCUT2D eigenvalue weighted by atomic mass is 31.2. The van der Waals surface area contributed by atoms with Gasteiger partial charge in [0.1, 0.15) is 0 Å². The van der Waals surface area contributed by atoms with E-state index in [2.05, 4.69) is 33.8 Å². The van der Waals surface area contributed by atoms with Crippen molar-refractivity contribution in [2.24, 2.45) is 10.2 Å². The van der Waals surface area contributed by atoms with Crippen LogP contribution in [0.2, 0.25) is 0 Å². The zero-order valence-corrected chi connectivity index (χ0v) is 20.5. The van der Waals surface area contributed by atoms with E-state index in [1.165, 1.54) is 18.4 Å². The summed E-state index contributed by atoms with van der Waals surface area (Å²) in [5.74, 6) is -0.543. The summed E-state index contributed by atoms with van der Waals surface area (Å²) in [6, 6.07) is 15.6. The molecule has 34 heavy (non-hydrogen) atoms. The smallest absolute Gasteiger partial charge is 0.469 e. The van der Waals surface area contributed by atoms with Crippen LogP contribution in [0.3, 0.4) is 0 Å². The van der Waals surface area contributed by atoms with Crippen molar-refractivity contribution in [2.75, 3.05) is 13.2 Å². The molecule has 1 atom stereocenters. The molecular weight excluding hydrogens is 461 g/mol. The Bertz CT molecular complexity index is 931. The summed E-state index contributed by atoms with van der Waals surface area (Å²) in [7, 11) is -4.70. The number of aryl methyl sites for hydroxylation is 2. The standard InChI is InChI=1S/C23H30N2O7P.H3N/c1-2-3-5-18-8-12-20(13-9-18)24-25-21-14-10-19(11-15-21)6-4-7-23(27)31-16-22(26)17-32-33(28,29)30;/h8-15,22H,2-7,16-17H2,1H3,(H2,28,29,30);1H3/q-1;/p+1/t22-;/m1./s1. The van der Waals surface area contributed by atoms with Gasteiger partial charge in [0.25, 0.3) is 0 Å². The number of unbranched alkanes of at least 4 members (excludes halogenated alkanes) is 1. The van der Waals surface area contributed by atoms with Crippen molar-refractivity contribution >= 4 is 25.2 Å². The van der Waals surface area contributed by atoms with Crippen LogP contribution in [0.5, 0.6) is 0 Å². The molecule has 0 saturated carbocycles. The van der Waals surface area contributed by atoms with E-state index in [9.17, 15) is 14.5 Å². The van der Waals surface area contributed by atoms with Crippen molar-refractivity contribution in [3.63, 3.8) is 0 Å². The Kier molecular flexibility index (Phi) is 13.4. The monoisotopic (exact) mass is 495 g/mol. The maximum Gasteiger partial charge on any atom is 0.469 e. The minimum Gasteiger partial charge on any atom is -0.848 e. The maximum absolute atomic E-state index is 11.7. The van der Waals surface area contributed by atoms with Crippen molar-refractivity contribution in [1.29, 1.82) is 0 Å². The fourth-order valence-corrected chi connectivity index (χ4v) is 3.24. The lowest BCUT2D eigenvalue weighted by Gasteiger charge is -2.21. The zero-order chi connectivity index (χ0) is 24.1. The topological polar surface area (TPSA) is 177 Å². The number of carbonyl (C=O) groups is 1. The lowest BCUT2D eigenvalue weighted by Crippen LogP contribution is -2.35. The van der Waals surface area contributed by atoms with E-state index < -0.39 is 33.1 Å². The van der Waals surface area contributed by atoms with Gasteiger partial charge in [0.05, 0.1) is 18.0 Å². The van der Waals surface area contributed by atoms with Crippen LogP contribution in [0.15, 0.2) is 58.8 Å². The predicted molar refractivity (Wildman–Crippen MR) is 127 cm³/mol. The molecule has 2 aromatic carbocycles. The van der Waals surface area contributed by atoms with Gasteiger partial charge in [0.2, 0.25) is 0 Å². The van der Waals surface area contributed by atoms with Crippen molar-refractivity contribution in [1.82, 2.24) is 6.15 Å². The van der Waals surface area contributed by atoms with Crippen LogP contribution >= 0.6 is 7.82 Å². The molecule has 0 bridgehead atoms. The first kappa shape index (κ1) is 29.6. The molecule has 0 aliphatic carbocycles. The number of rotatable bonds is 14. The summed E-state index contributed by atoms with van der Waals surface area (Å²) in [5.41, 5.74) is 3.85. The first-order valence-corrected chi connectivity index (χ1v) is 12.4. The summed E-state index contributed by atoms with van der Waals surface area (Å²) in [5, 5.41) is 20.0. The molecule has 0 aromatic heterocycles. The van der Waals surface area contributed by atoms with Gasteiger partial charge in [0.15, 0.2) is 0 Å². The highest BCUT2D eigenvalue weighted by Gasteiger charge is 2.14. The second kappa shape index (κ2) is 15.4. The van der Waals surface area contributed by atoms with Crippen LogP contribution in [0.1, 0.15) is 43.7 Å². The number of phosphoric acid groups is 1. The van der Waals surface area contributed by atoms with Gasteiger partial charge in [-0.15, -0.1) is 0 Å².